The summed E-state index contributed by atoms with van der Waals surface area (Å²) < 4.78 is 29.0. The molecule has 164 valence electrons. The van der Waals surface area contributed by atoms with E-state index in [0.717, 1.165) is 12.3 Å². The third-order valence-corrected chi connectivity index (χ3v) is 5.35. The molecule has 27 heavy (non-hydrogen) atoms. The molecule has 0 aromatic rings. The molecular weight excluding hydrogens is 362 g/mol. The topological polar surface area (TPSA) is 102 Å². The zero-order chi connectivity index (χ0) is 21.0. The largest absolute Gasteiger partial charge is 0.748 e. The molecule has 0 saturated carbocycles. The van der Waals surface area contributed by atoms with E-state index in [1.54, 1.807) is 6.92 Å². The first-order valence-corrected chi connectivity index (χ1v) is 12.5. The predicted octanol–water partition coefficient (Wildman–Crippen LogP) is 4.81. The van der Waals surface area contributed by atoms with Gasteiger partial charge in [-0.3, -0.25) is 5.73 Å². The molecule has 0 unspecified atom stereocenters. The molecule has 0 spiro atoms. The van der Waals surface area contributed by atoms with Crippen LogP contribution in [0.4, 0.5) is 0 Å². The standard InChI is InChI=1S/C18H37NO.C3H8O3S/c1-17(2)15-13-11-9-7-5-3-4-6-8-10-12-14-16-18(19)20;1-2-3-7(4,5)6/h17H,3-16H2,1-2H3,(H2,19,20);2-3H2,1H3,(H,4,5,6). The summed E-state index contributed by atoms with van der Waals surface area (Å²) in [5.41, 5.74) is 3.40. The maximum Gasteiger partial charge on any atom is 0.308 e. The lowest BCUT2D eigenvalue weighted by atomic mass is 10.0. The molecule has 5 nitrogen and oxygen atoms in total. The Kier molecular flexibility index (Phi) is 21.6. The summed E-state index contributed by atoms with van der Waals surface area (Å²) >= 11 is 0. The van der Waals surface area contributed by atoms with Crippen LogP contribution in [0.5, 0.6) is 0 Å². The van der Waals surface area contributed by atoms with Gasteiger partial charge in [-0.05, 0) is 18.8 Å². The van der Waals surface area contributed by atoms with Gasteiger partial charge < -0.3 is 4.55 Å². The second kappa shape index (κ2) is 20.3. The van der Waals surface area contributed by atoms with Gasteiger partial charge in [-0.25, -0.2) is 13.2 Å². The van der Waals surface area contributed by atoms with Crippen LogP contribution in [0.15, 0.2) is 0 Å². The van der Waals surface area contributed by atoms with E-state index < -0.39 is 10.1 Å². The van der Waals surface area contributed by atoms with Crippen molar-refractivity contribution in [2.24, 2.45) is 5.92 Å². The van der Waals surface area contributed by atoms with Crippen molar-refractivity contribution < 1.29 is 23.5 Å². The molecule has 0 fully saturated rings. The van der Waals surface area contributed by atoms with Gasteiger partial charge in [0, 0.05) is 5.75 Å². The van der Waals surface area contributed by atoms with Gasteiger partial charge in [0.1, 0.15) is 0 Å². The van der Waals surface area contributed by atoms with E-state index in [4.69, 9.17) is 0 Å². The van der Waals surface area contributed by atoms with E-state index in [9.17, 15) is 17.8 Å². The van der Waals surface area contributed by atoms with Gasteiger partial charge in [0.2, 0.25) is 0 Å². The van der Waals surface area contributed by atoms with E-state index in [-0.39, 0.29) is 11.7 Å². The second-order valence-corrected chi connectivity index (χ2v) is 9.50. The lowest BCUT2D eigenvalue weighted by Crippen LogP contribution is -2.56. The number of hydrogen-bond donors (Lipinski definition) is 1. The van der Waals surface area contributed by atoms with Crippen molar-refractivity contribution in [2.75, 3.05) is 5.75 Å². The molecule has 0 aromatic heterocycles. The Morgan fingerprint density at radius 3 is 1.44 bits per heavy atom. The highest BCUT2D eigenvalue weighted by atomic mass is 32.2. The van der Waals surface area contributed by atoms with Gasteiger partial charge in [0.15, 0.2) is 0 Å². The quantitative estimate of drug-likeness (QED) is 0.276. The molecule has 0 aromatic carbocycles. The molecule has 0 rings (SSSR count). The number of unbranched alkanes of at least 4 members (excludes halogenated alkanes) is 11. The highest BCUT2D eigenvalue weighted by molar-refractivity contribution is 7.85. The Morgan fingerprint density at radius 1 is 0.815 bits per heavy atom. The van der Waals surface area contributed by atoms with Gasteiger partial charge in [0.05, 0.1) is 16.5 Å². The third-order valence-electron chi connectivity index (χ3n) is 4.44. The molecule has 0 radical (unpaired) electrons. The molecule has 0 saturated heterocycles. The molecule has 0 aliphatic rings. The minimum absolute atomic E-state index is 0.0957. The van der Waals surface area contributed by atoms with Crippen molar-refractivity contribution in [3.63, 3.8) is 0 Å². The van der Waals surface area contributed by atoms with Crippen molar-refractivity contribution in [1.82, 2.24) is 0 Å². The van der Waals surface area contributed by atoms with E-state index in [1.807, 2.05) is 0 Å². The minimum atomic E-state index is -3.92. The molecule has 0 atom stereocenters. The smallest absolute Gasteiger partial charge is 0.308 e. The Hall–Kier alpha value is -0.460. The zero-order valence-electron chi connectivity index (χ0n) is 18.1. The Morgan fingerprint density at radius 2 is 1.19 bits per heavy atom. The summed E-state index contributed by atoms with van der Waals surface area (Å²) in [6.45, 7) is 6.28. The average molecular weight is 408 g/mol. The van der Waals surface area contributed by atoms with E-state index >= 15 is 0 Å². The normalized spacial score (nSPS) is 11.3. The van der Waals surface area contributed by atoms with Gasteiger partial charge in [-0.15, -0.1) is 0 Å². The maximum atomic E-state index is 10.7. The number of rotatable bonds is 17. The van der Waals surface area contributed by atoms with Crippen LogP contribution in [0.25, 0.3) is 0 Å². The molecule has 0 heterocycles. The maximum absolute atomic E-state index is 10.7. The minimum Gasteiger partial charge on any atom is -0.748 e. The molecule has 3 N–H and O–H groups in total. The van der Waals surface area contributed by atoms with Crippen molar-refractivity contribution in [3.05, 3.63) is 0 Å². The SMILES string of the molecule is CC(C)CCCCCCCCCCCCCCC([NH3+])=O.CCCS(=O)(=O)[O-]. The first kappa shape index (κ1) is 28.7. The van der Waals surface area contributed by atoms with Crippen LogP contribution in [0, 0.1) is 5.92 Å². The summed E-state index contributed by atoms with van der Waals surface area (Å²) in [6.07, 6.45) is 18.7. The van der Waals surface area contributed by atoms with Crippen LogP contribution in [-0.2, 0) is 14.9 Å². The van der Waals surface area contributed by atoms with Crippen LogP contribution in [0.1, 0.15) is 117 Å². The van der Waals surface area contributed by atoms with Crippen molar-refractivity contribution in [1.29, 1.82) is 0 Å². The molecular formula is C21H45NO4S. The highest BCUT2D eigenvalue weighted by Crippen LogP contribution is 2.14. The number of carbonyl (C=O) groups excluding carboxylic acids is 1. The van der Waals surface area contributed by atoms with Crippen molar-refractivity contribution >= 4 is 16.0 Å². The molecule has 0 aliphatic carbocycles. The fraction of sp³-hybridized carbons (Fsp3) is 0.952. The van der Waals surface area contributed by atoms with Gasteiger partial charge in [-0.1, -0.05) is 97.8 Å². The first-order chi connectivity index (χ1) is 12.7. The molecule has 0 aliphatic heterocycles. The fourth-order valence-electron chi connectivity index (χ4n) is 2.89. The molecule has 1 amide bonds. The van der Waals surface area contributed by atoms with E-state index in [0.29, 0.717) is 12.8 Å². The van der Waals surface area contributed by atoms with E-state index in [1.165, 1.54) is 77.0 Å². The molecule has 6 heteroatoms. The third kappa shape index (κ3) is 33.5. The first-order valence-electron chi connectivity index (χ1n) is 11.0. The Bertz CT molecular complexity index is 422. The Labute approximate surface area is 168 Å². The van der Waals surface area contributed by atoms with Crippen LogP contribution in [-0.4, -0.2) is 24.6 Å². The zero-order valence-corrected chi connectivity index (χ0v) is 19.0. The van der Waals surface area contributed by atoms with Gasteiger partial charge >= 0.3 is 5.91 Å². The van der Waals surface area contributed by atoms with Crippen LogP contribution >= 0.6 is 0 Å². The molecule has 0 bridgehead atoms. The van der Waals surface area contributed by atoms with Crippen LogP contribution in [0.2, 0.25) is 0 Å². The van der Waals surface area contributed by atoms with Crippen molar-refractivity contribution in [3.8, 4) is 0 Å². The van der Waals surface area contributed by atoms with Crippen molar-refractivity contribution in [2.45, 2.75) is 117 Å². The van der Waals surface area contributed by atoms with E-state index in [2.05, 4.69) is 19.6 Å². The summed E-state index contributed by atoms with van der Waals surface area (Å²) in [5, 5.41) is 0. The van der Waals surface area contributed by atoms with Crippen LogP contribution in [0.3, 0.4) is 0 Å². The predicted molar refractivity (Wildman–Crippen MR) is 112 cm³/mol. The second-order valence-electron chi connectivity index (χ2n) is 7.98. The average Bonchev–Trinajstić information content (AvgIpc) is 2.54. The lowest BCUT2D eigenvalue weighted by Gasteiger charge is -2.04. The summed E-state index contributed by atoms with van der Waals surface area (Å²) in [6, 6.07) is 0. The van der Waals surface area contributed by atoms with Gasteiger partial charge in [0.25, 0.3) is 0 Å². The Balaban J connectivity index is 0. The van der Waals surface area contributed by atoms with Crippen LogP contribution < -0.4 is 5.73 Å². The van der Waals surface area contributed by atoms with Gasteiger partial charge in [-0.2, -0.15) is 0 Å². The number of amides is 1. The highest BCUT2D eigenvalue weighted by Gasteiger charge is 1.98. The number of hydrogen-bond acceptors (Lipinski definition) is 4. The summed E-state index contributed by atoms with van der Waals surface area (Å²) in [5.74, 6) is 0.729. The summed E-state index contributed by atoms with van der Waals surface area (Å²) in [7, 11) is -3.92. The summed E-state index contributed by atoms with van der Waals surface area (Å²) in [4.78, 5) is 10.7. The monoisotopic (exact) mass is 407 g/mol. The fourth-order valence-corrected chi connectivity index (χ4v) is 3.39. The number of quaternary nitrogens is 1. The lowest BCUT2D eigenvalue weighted by molar-refractivity contribution is -0.305. The number of carbonyl (C=O) groups is 1.